The van der Waals surface area contributed by atoms with Crippen molar-refractivity contribution in [3.8, 4) is 0 Å². The Kier molecular flexibility index (Phi) is 2.45. The summed E-state index contributed by atoms with van der Waals surface area (Å²) in [6, 6.07) is 0. The van der Waals surface area contributed by atoms with E-state index < -0.39 is 7.37 Å². The first-order valence-corrected chi connectivity index (χ1v) is 5.10. The first kappa shape index (κ1) is 9.15. The lowest BCUT2D eigenvalue weighted by atomic mass is 10.8. The predicted molar refractivity (Wildman–Crippen MR) is 38.6 cm³/mol. The van der Waals surface area contributed by atoms with Crippen LogP contribution in [-0.4, -0.2) is 43.5 Å². The summed E-state index contributed by atoms with van der Waals surface area (Å²) >= 11 is 0. The van der Waals surface area contributed by atoms with Crippen molar-refractivity contribution in [1.82, 2.24) is 0 Å². The van der Waals surface area contributed by atoms with Crippen LogP contribution in [0.15, 0.2) is 0 Å². The molecule has 1 unspecified atom stereocenters. The minimum atomic E-state index is -2.82. The van der Waals surface area contributed by atoms with Gasteiger partial charge in [0.25, 0.3) is 0 Å². The van der Waals surface area contributed by atoms with Gasteiger partial charge >= 0.3 is 0 Å². The number of quaternary nitrogens is 1. The SMILES string of the molecule is C[N+](C)(C)CP(C)(=O)O. The zero-order valence-corrected chi connectivity index (χ0v) is 7.35. The van der Waals surface area contributed by atoms with Crippen LogP contribution in [0.1, 0.15) is 0 Å². The highest BCUT2D eigenvalue weighted by molar-refractivity contribution is 7.56. The molecular formula is C5H15NO2P+. The molecule has 0 saturated carbocycles. The van der Waals surface area contributed by atoms with Crippen LogP contribution in [-0.2, 0) is 4.57 Å². The molecule has 0 rings (SSSR count). The van der Waals surface area contributed by atoms with E-state index >= 15 is 0 Å². The fourth-order valence-corrected chi connectivity index (χ4v) is 2.36. The summed E-state index contributed by atoms with van der Waals surface area (Å²) in [5.41, 5.74) is 0. The van der Waals surface area contributed by atoms with Crippen molar-refractivity contribution in [3.05, 3.63) is 0 Å². The summed E-state index contributed by atoms with van der Waals surface area (Å²) in [7, 11) is 2.87. The van der Waals surface area contributed by atoms with Gasteiger partial charge in [-0.3, -0.25) is 4.57 Å². The Balaban J connectivity index is 3.90. The van der Waals surface area contributed by atoms with Crippen LogP contribution < -0.4 is 0 Å². The van der Waals surface area contributed by atoms with Crippen LogP contribution in [0.4, 0.5) is 0 Å². The number of hydrogen-bond acceptors (Lipinski definition) is 1. The Labute approximate surface area is 56.3 Å². The number of nitrogens with zero attached hydrogens (tertiary/aromatic N) is 1. The first-order chi connectivity index (χ1) is 3.71. The van der Waals surface area contributed by atoms with Crippen molar-refractivity contribution in [2.45, 2.75) is 0 Å². The van der Waals surface area contributed by atoms with E-state index in [9.17, 15) is 4.57 Å². The molecule has 0 aromatic heterocycles. The van der Waals surface area contributed by atoms with Crippen LogP contribution >= 0.6 is 7.37 Å². The van der Waals surface area contributed by atoms with Gasteiger partial charge in [-0.05, 0) is 0 Å². The number of rotatable bonds is 2. The van der Waals surface area contributed by atoms with Gasteiger partial charge in [-0.25, -0.2) is 0 Å². The molecular weight excluding hydrogens is 137 g/mol. The lowest BCUT2D eigenvalue weighted by Gasteiger charge is -2.24. The highest BCUT2D eigenvalue weighted by Gasteiger charge is 2.20. The minimum absolute atomic E-state index is 0.340. The smallest absolute Gasteiger partial charge is 0.250 e. The van der Waals surface area contributed by atoms with Crippen LogP contribution in [0.2, 0.25) is 0 Å². The van der Waals surface area contributed by atoms with Crippen LogP contribution in [0, 0.1) is 0 Å². The summed E-state index contributed by atoms with van der Waals surface area (Å²) in [5.74, 6) is 0. The van der Waals surface area contributed by atoms with Gasteiger partial charge in [-0.2, -0.15) is 0 Å². The van der Waals surface area contributed by atoms with E-state index in [4.69, 9.17) is 4.89 Å². The maximum Gasteiger partial charge on any atom is 0.250 e. The third kappa shape index (κ3) is 8.15. The molecule has 56 valence electrons. The highest BCUT2D eigenvalue weighted by atomic mass is 31.2. The average molecular weight is 152 g/mol. The van der Waals surface area contributed by atoms with Gasteiger partial charge < -0.3 is 9.38 Å². The van der Waals surface area contributed by atoms with Crippen LogP contribution in [0.5, 0.6) is 0 Å². The molecule has 0 aliphatic heterocycles. The number of hydrogen-bond donors (Lipinski definition) is 1. The summed E-state index contributed by atoms with van der Waals surface area (Å²) in [4.78, 5) is 8.89. The predicted octanol–water partition coefficient (Wildman–Crippen LogP) is 0.550. The molecule has 0 aliphatic rings. The largest absolute Gasteiger partial charge is 0.341 e. The zero-order valence-electron chi connectivity index (χ0n) is 6.46. The van der Waals surface area contributed by atoms with E-state index in [0.29, 0.717) is 10.8 Å². The van der Waals surface area contributed by atoms with Gasteiger partial charge in [-0.1, -0.05) is 0 Å². The molecule has 0 bridgehead atoms. The molecule has 0 radical (unpaired) electrons. The second kappa shape index (κ2) is 2.41. The van der Waals surface area contributed by atoms with Crippen molar-refractivity contribution in [3.63, 3.8) is 0 Å². The molecule has 0 aromatic rings. The van der Waals surface area contributed by atoms with Crippen molar-refractivity contribution < 1.29 is 13.9 Å². The van der Waals surface area contributed by atoms with Gasteiger partial charge in [0.15, 0.2) is 6.29 Å². The summed E-state index contributed by atoms with van der Waals surface area (Å²) < 4.78 is 11.3. The monoisotopic (exact) mass is 152 g/mol. The van der Waals surface area contributed by atoms with Gasteiger partial charge in [0.2, 0.25) is 7.37 Å². The molecule has 0 heterocycles. The molecule has 4 heteroatoms. The van der Waals surface area contributed by atoms with E-state index in [-0.39, 0.29) is 0 Å². The maximum atomic E-state index is 10.8. The van der Waals surface area contributed by atoms with E-state index in [2.05, 4.69) is 0 Å². The summed E-state index contributed by atoms with van der Waals surface area (Å²) in [6.07, 6.45) is 0.340. The molecule has 1 atom stereocenters. The second-order valence-corrected chi connectivity index (χ2v) is 5.87. The lowest BCUT2D eigenvalue weighted by molar-refractivity contribution is -0.858. The van der Waals surface area contributed by atoms with Crippen LogP contribution in [0.3, 0.4) is 0 Å². The van der Waals surface area contributed by atoms with Crippen molar-refractivity contribution in [2.75, 3.05) is 34.1 Å². The van der Waals surface area contributed by atoms with Gasteiger partial charge in [0.1, 0.15) is 0 Å². The topological polar surface area (TPSA) is 37.3 Å². The zero-order chi connectivity index (χ0) is 7.71. The van der Waals surface area contributed by atoms with E-state index in [1.807, 2.05) is 21.1 Å². The Hall–Kier alpha value is 0.150. The maximum absolute atomic E-state index is 10.8. The highest BCUT2D eigenvalue weighted by Crippen LogP contribution is 2.36. The molecule has 0 amide bonds. The molecule has 0 fully saturated rings. The third-order valence-corrected chi connectivity index (χ3v) is 2.06. The second-order valence-electron chi connectivity index (χ2n) is 3.48. The summed E-state index contributed by atoms with van der Waals surface area (Å²) in [5, 5.41) is 0. The Morgan fingerprint density at radius 1 is 1.44 bits per heavy atom. The first-order valence-electron chi connectivity index (χ1n) is 2.80. The minimum Gasteiger partial charge on any atom is -0.341 e. The average Bonchev–Trinajstić information content (AvgIpc) is 1.14. The Morgan fingerprint density at radius 2 is 1.78 bits per heavy atom. The molecule has 3 nitrogen and oxygen atoms in total. The van der Waals surface area contributed by atoms with Crippen LogP contribution in [0.25, 0.3) is 0 Å². The van der Waals surface area contributed by atoms with Crippen molar-refractivity contribution >= 4 is 7.37 Å². The third-order valence-electron chi connectivity index (χ3n) is 0.687. The molecule has 0 saturated heterocycles. The quantitative estimate of drug-likeness (QED) is 0.463. The summed E-state index contributed by atoms with van der Waals surface area (Å²) in [6.45, 7) is 1.39. The van der Waals surface area contributed by atoms with E-state index in [0.717, 1.165) is 0 Å². The molecule has 0 aromatic carbocycles. The fourth-order valence-electron chi connectivity index (χ4n) is 0.787. The fraction of sp³-hybridized carbons (Fsp3) is 1.00. The van der Waals surface area contributed by atoms with E-state index in [1.54, 1.807) is 0 Å². The Bertz CT molecular complexity index is 132. The van der Waals surface area contributed by atoms with Gasteiger partial charge in [-0.15, -0.1) is 0 Å². The molecule has 1 N–H and O–H groups in total. The van der Waals surface area contributed by atoms with E-state index in [1.165, 1.54) is 6.66 Å². The standard InChI is InChI=1S/C5H14NO2P/c1-6(2,3)5-9(4,7)8/h5H2,1-4H3/p+1. The lowest BCUT2D eigenvalue weighted by Crippen LogP contribution is -2.34. The Morgan fingerprint density at radius 3 is 1.78 bits per heavy atom. The molecule has 0 aliphatic carbocycles. The van der Waals surface area contributed by atoms with Gasteiger partial charge in [0, 0.05) is 6.66 Å². The van der Waals surface area contributed by atoms with Gasteiger partial charge in [0.05, 0.1) is 21.1 Å². The van der Waals surface area contributed by atoms with Crippen molar-refractivity contribution in [1.29, 1.82) is 0 Å². The molecule has 0 spiro atoms. The normalized spacial score (nSPS) is 19.2. The molecule has 9 heavy (non-hydrogen) atoms. The van der Waals surface area contributed by atoms with Crippen molar-refractivity contribution in [2.24, 2.45) is 0 Å².